The number of thioether (sulfide) groups is 1. The molecule has 0 amide bonds. The molecule has 0 aromatic carbocycles. The normalized spacial score (nSPS) is 29.8. The van der Waals surface area contributed by atoms with E-state index in [1.807, 2.05) is 11.8 Å². The maximum absolute atomic E-state index is 9.86. The summed E-state index contributed by atoms with van der Waals surface area (Å²) in [5.74, 6) is 2.50. The van der Waals surface area contributed by atoms with Crippen LogP contribution in [-0.4, -0.2) is 59.8 Å². The van der Waals surface area contributed by atoms with E-state index in [9.17, 15) is 5.11 Å². The Hall–Kier alpha value is 0.230. The van der Waals surface area contributed by atoms with E-state index in [4.69, 9.17) is 0 Å². The number of nitrogens with one attached hydrogen (secondary N) is 1. The van der Waals surface area contributed by atoms with Crippen LogP contribution in [0.1, 0.15) is 19.3 Å². The Kier molecular flexibility index (Phi) is 4.75. The third-order valence-corrected chi connectivity index (χ3v) is 4.40. The van der Waals surface area contributed by atoms with Gasteiger partial charge in [0.1, 0.15) is 0 Å². The first-order valence-electron chi connectivity index (χ1n) is 6.06. The van der Waals surface area contributed by atoms with Gasteiger partial charge in [0.15, 0.2) is 0 Å². The monoisotopic (exact) mass is 230 g/mol. The number of hydrogen-bond acceptors (Lipinski definition) is 4. The summed E-state index contributed by atoms with van der Waals surface area (Å²) >= 11 is 2.01. The van der Waals surface area contributed by atoms with E-state index < -0.39 is 0 Å². The van der Waals surface area contributed by atoms with Crippen LogP contribution >= 0.6 is 11.8 Å². The third kappa shape index (κ3) is 3.94. The molecular formula is C11H22N2OS. The number of nitrogens with zero attached hydrogens (tertiary/aromatic N) is 1. The maximum Gasteiger partial charge on any atom is 0.0791 e. The summed E-state index contributed by atoms with van der Waals surface area (Å²) in [5, 5.41) is 13.3. The fourth-order valence-corrected chi connectivity index (χ4v) is 3.51. The van der Waals surface area contributed by atoms with E-state index in [1.54, 1.807) is 0 Å². The van der Waals surface area contributed by atoms with Gasteiger partial charge < -0.3 is 15.3 Å². The Morgan fingerprint density at radius 2 is 2.20 bits per heavy atom. The van der Waals surface area contributed by atoms with E-state index >= 15 is 0 Å². The molecule has 0 saturated carbocycles. The number of likely N-dealkylation sites (tertiary alicyclic amines) is 1. The minimum atomic E-state index is -0.186. The zero-order chi connectivity index (χ0) is 10.5. The molecule has 2 heterocycles. The maximum atomic E-state index is 9.86. The Labute approximate surface area is 96.6 Å². The Bertz CT molecular complexity index is 179. The molecule has 0 aromatic heterocycles. The summed E-state index contributed by atoms with van der Waals surface area (Å²) in [5.41, 5.74) is 0. The van der Waals surface area contributed by atoms with Crippen molar-refractivity contribution in [1.29, 1.82) is 0 Å². The van der Waals surface area contributed by atoms with E-state index in [1.165, 1.54) is 43.9 Å². The van der Waals surface area contributed by atoms with Gasteiger partial charge in [0, 0.05) is 24.9 Å². The molecule has 0 radical (unpaired) electrons. The van der Waals surface area contributed by atoms with Gasteiger partial charge in [-0.2, -0.15) is 11.8 Å². The van der Waals surface area contributed by atoms with Crippen LogP contribution in [0.2, 0.25) is 0 Å². The molecule has 15 heavy (non-hydrogen) atoms. The highest BCUT2D eigenvalue weighted by Crippen LogP contribution is 2.16. The fourth-order valence-electron chi connectivity index (χ4n) is 2.33. The molecule has 2 aliphatic rings. The van der Waals surface area contributed by atoms with Gasteiger partial charge in [-0.3, -0.25) is 0 Å². The van der Waals surface area contributed by atoms with E-state index in [-0.39, 0.29) is 6.10 Å². The second-order valence-corrected chi connectivity index (χ2v) is 5.78. The summed E-state index contributed by atoms with van der Waals surface area (Å²) < 4.78 is 0. The molecule has 2 unspecified atom stereocenters. The van der Waals surface area contributed by atoms with Crippen molar-refractivity contribution in [3.05, 3.63) is 0 Å². The molecule has 3 nitrogen and oxygen atoms in total. The Balaban J connectivity index is 1.57. The van der Waals surface area contributed by atoms with Crippen molar-refractivity contribution in [3.63, 3.8) is 0 Å². The first-order valence-corrected chi connectivity index (χ1v) is 7.21. The van der Waals surface area contributed by atoms with Gasteiger partial charge in [0.25, 0.3) is 0 Å². The van der Waals surface area contributed by atoms with E-state index in [2.05, 4.69) is 10.2 Å². The largest absolute Gasteiger partial charge is 0.390 e. The van der Waals surface area contributed by atoms with Crippen molar-refractivity contribution in [3.8, 4) is 0 Å². The van der Waals surface area contributed by atoms with Crippen LogP contribution in [0.25, 0.3) is 0 Å². The lowest BCUT2D eigenvalue weighted by Crippen LogP contribution is -2.40. The van der Waals surface area contributed by atoms with Crippen LogP contribution in [0.3, 0.4) is 0 Å². The van der Waals surface area contributed by atoms with Gasteiger partial charge in [-0.25, -0.2) is 0 Å². The molecule has 0 spiro atoms. The van der Waals surface area contributed by atoms with Crippen molar-refractivity contribution in [1.82, 2.24) is 10.2 Å². The smallest absolute Gasteiger partial charge is 0.0791 e. The van der Waals surface area contributed by atoms with Gasteiger partial charge in [-0.05, 0) is 38.1 Å². The molecule has 0 bridgehead atoms. The highest BCUT2D eigenvalue weighted by Gasteiger charge is 2.18. The zero-order valence-electron chi connectivity index (χ0n) is 9.32. The van der Waals surface area contributed by atoms with Crippen LogP contribution in [0, 0.1) is 0 Å². The minimum absolute atomic E-state index is 0.186. The molecular weight excluding hydrogens is 208 g/mol. The summed E-state index contributed by atoms with van der Waals surface area (Å²) in [7, 11) is 0. The SMILES string of the molecule is OC(CNC1CCSC1)CN1CCCC1. The Morgan fingerprint density at radius 3 is 2.87 bits per heavy atom. The second-order valence-electron chi connectivity index (χ2n) is 4.63. The topological polar surface area (TPSA) is 35.5 Å². The number of rotatable bonds is 5. The molecule has 2 N–H and O–H groups in total. The van der Waals surface area contributed by atoms with Gasteiger partial charge in [-0.1, -0.05) is 0 Å². The van der Waals surface area contributed by atoms with Crippen molar-refractivity contribution < 1.29 is 5.11 Å². The summed E-state index contributed by atoms with van der Waals surface area (Å²) in [6.07, 6.45) is 3.69. The highest BCUT2D eigenvalue weighted by atomic mass is 32.2. The molecule has 4 heteroatoms. The summed E-state index contributed by atoms with van der Waals surface area (Å²) in [6.45, 7) is 3.97. The van der Waals surface area contributed by atoms with Gasteiger partial charge in [0.2, 0.25) is 0 Å². The quantitative estimate of drug-likeness (QED) is 0.722. The summed E-state index contributed by atoms with van der Waals surface area (Å²) in [4.78, 5) is 2.37. The number of aliphatic hydroxyl groups is 1. The predicted molar refractivity (Wildman–Crippen MR) is 65.4 cm³/mol. The standard InChI is InChI=1S/C11H22N2OS/c14-11(8-13-4-1-2-5-13)7-12-10-3-6-15-9-10/h10-12,14H,1-9H2. The first kappa shape index (κ1) is 11.7. The number of hydrogen-bond donors (Lipinski definition) is 2. The molecule has 2 saturated heterocycles. The van der Waals surface area contributed by atoms with Crippen molar-refractivity contribution in [2.45, 2.75) is 31.4 Å². The van der Waals surface area contributed by atoms with Crippen LogP contribution in [0.5, 0.6) is 0 Å². The fraction of sp³-hybridized carbons (Fsp3) is 1.00. The lowest BCUT2D eigenvalue weighted by Gasteiger charge is -2.21. The van der Waals surface area contributed by atoms with Crippen LogP contribution in [0.4, 0.5) is 0 Å². The van der Waals surface area contributed by atoms with Crippen molar-refractivity contribution >= 4 is 11.8 Å². The number of aliphatic hydroxyl groups excluding tert-OH is 1. The van der Waals surface area contributed by atoms with E-state index in [0.29, 0.717) is 6.04 Å². The number of β-amino-alcohol motifs (C(OH)–C–C–N with tert-alkyl or cyclic N) is 1. The van der Waals surface area contributed by atoms with Crippen LogP contribution in [-0.2, 0) is 0 Å². The second kappa shape index (κ2) is 6.09. The highest BCUT2D eigenvalue weighted by molar-refractivity contribution is 7.99. The first-order chi connectivity index (χ1) is 7.34. The van der Waals surface area contributed by atoms with Gasteiger partial charge in [0.05, 0.1) is 6.10 Å². The summed E-state index contributed by atoms with van der Waals surface area (Å²) in [6, 6.07) is 0.642. The molecule has 2 rings (SSSR count). The van der Waals surface area contributed by atoms with Crippen LogP contribution < -0.4 is 5.32 Å². The van der Waals surface area contributed by atoms with Crippen molar-refractivity contribution in [2.75, 3.05) is 37.7 Å². The van der Waals surface area contributed by atoms with Gasteiger partial charge in [-0.15, -0.1) is 0 Å². The van der Waals surface area contributed by atoms with Gasteiger partial charge >= 0.3 is 0 Å². The van der Waals surface area contributed by atoms with Crippen molar-refractivity contribution in [2.24, 2.45) is 0 Å². The van der Waals surface area contributed by atoms with Crippen LogP contribution in [0.15, 0.2) is 0 Å². The van der Waals surface area contributed by atoms with E-state index in [0.717, 1.165) is 13.1 Å². The molecule has 2 atom stereocenters. The lowest BCUT2D eigenvalue weighted by molar-refractivity contribution is 0.121. The molecule has 0 aliphatic carbocycles. The molecule has 2 aliphatic heterocycles. The molecule has 0 aromatic rings. The molecule has 2 fully saturated rings. The predicted octanol–water partition coefficient (Wildman–Crippen LogP) is 0.538. The minimum Gasteiger partial charge on any atom is -0.390 e. The third-order valence-electron chi connectivity index (χ3n) is 3.24. The average molecular weight is 230 g/mol. The lowest BCUT2D eigenvalue weighted by atomic mass is 10.2. The average Bonchev–Trinajstić information content (AvgIpc) is 2.86. The Morgan fingerprint density at radius 1 is 1.40 bits per heavy atom. The molecule has 88 valence electrons. The zero-order valence-corrected chi connectivity index (χ0v) is 10.1.